The van der Waals surface area contributed by atoms with Gasteiger partial charge in [0.25, 0.3) is 0 Å². The average molecular weight is 399 g/mol. The number of benzene rings is 1. The second kappa shape index (κ2) is 9.99. The normalized spacial score (nSPS) is 17.1. The van der Waals surface area contributed by atoms with E-state index in [1.54, 1.807) is 6.07 Å². The zero-order chi connectivity index (χ0) is 17.4. The van der Waals surface area contributed by atoms with Gasteiger partial charge in [0.2, 0.25) is 0 Å². The Morgan fingerprint density at radius 1 is 1.33 bits per heavy atom. The highest BCUT2D eigenvalue weighted by molar-refractivity contribution is 9.10. The number of nitrogens with one attached hydrogen (secondary N) is 2. The van der Waals surface area contributed by atoms with Gasteiger partial charge in [0.1, 0.15) is 5.82 Å². The van der Waals surface area contributed by atoms with Gasteiger partial charge in [-0.1, -0.05) is 13.0 Å². The van der Waals surface area contributed by atoms with Crippen LogP contribution in [-0.4, -0.2) is 43.1 Å². The molecule has 4 nitrogen and oxygen atoms in total. The maximum absolute atomic E-state index is 13.6. The third kappa shape index (κ3) is 6.06. The van der Waals surface area contributed by atoms with Gasteiger partial charge in [-0.25, -0.2) is 9.38 Å². The number of hydrogen-bond acceptors (Lipinski definition) is 2. The Morgan fingerprint density at radius 2 is 2.08 bits per heavy atom. The third-order valence-electron chi connectivity index (χ3n) is 4.22. The molecule has 0 saturated carbocycles. The van der Waals surface area contributed by atoms with Crippen molar-refractivity contribution in [3.63, 3.8) is 0 Å². The topological polar surface area (TPSA) is 39.7 Å². The van der Waals surface area contributed by atoms with E-state index in [4.69, 9.17) is 0 Å². The third-order valence-corrected chi connectivity index (χ3v) is 4.86. The Balaban J connectivity index is 1.90. The van der Waals surface area contributed by atoms with Gasteiger partial charge in [0, 0.05) is 25.7 Å². The van der Waals surface area contributed by atoms with E-state index in [1.165, 1.54) is 19.0 Å². The van der Waals surface area contributed by atoms with E-state index < -0.39 is 0 Å². The zero-order valence-corrected chi connectivity index (χ0v) is 16.2. The van der Waals surface area contributed by atoms with Gasteiger partial charge < -0.3 is 15.5 Å². The highest BCUT2D eigenvalue weighted by Gasteiger charge is 2.19. The maximum atomic E-state index is 13.6. The van der Waals surface area contributed by atoms with Crippen molar-refractivity contribution in [2.75, 3.05) is 26.2 Å². The van der Waals surface area contributed by atoms with Crippen molar-refractivity contribution in [1.82, 2.24) is 15.5 Å². The molecule has 0 spiro atoms. The number of halogens is 2. The molecule has 0 radical (unpaired) electrons. The summed E-state index contributed by atoms with van der Waals surface area (Å²) in [6.07, 6.45) is 3.49. The maximum Gasteiger partial charge on any atom is 0.191 e. The van der Waals surface area contributed by atoms with Crippen LogP contribution in [0.2, 0.25) is 0 Å². The lowest BCUT2D eigenvalue weighted by atomic mass is 10.1. The summed E-state index contributed by atoms with van der Waals surface area (Å²) in [6, 6.07) is 5.60. The van der Waals surface area contributed by atoms with Gasteiger partial charge >= 0.3 is 0 Å². The van der Waals surface area contributed by atoms with Gasteiger partial charge in [-0.3, -0.25) is 0 Å². The van der Waals surface area contributed by atoms with Crippen LogP contribution in [0.15, 0.2) is 27.7 Å². The highest BCUT2D eigenvalue weighted by atomic mass is 79.9. The lowest BCUT2D eigenvalue weighted by Gasteiger charge is -2.32. The highest BCUT2D eigenvalue weighted by Crippen LogP contribution is 2.17. The molecule has 24 heavy (non-hydrogen) atoms. The van der Waals surface area contributed by atoms with Crippen LogP contribution in [0.1, 0.15) is 38.7 Å². The van der Waals surface area contributed by atoms with E-state index in [9.17, 15) is 4.39 Å². The van der Waals surface area contributed by atoms with Crippen LogP contribution in [0.5, 0.6) is 0 Å². The van der Waals surface area contributed by atoms with Gasteiger partial charge in [-0.2, -0.15) is 0 Å². The Labute approximate surface area is 153 Å². The Morgan fingerprint density at radius 3 is 2.71 bits per heavy atom. The van der Waals surface area contributed by atoms with Crippen molar-refractivity contribution in [1.29, 1.82) is 0 Å². The van der Waals surface area contributed by atoms with E-state index in [-0.39, 0.29) is 5.82 Å². The second-order valence-corrected chi connectivity index (χ2v) is 7.06. The SMILES string of the molecule is CCCN1CCC(NC(=NCc2ccc(Br)c(F)c2)NCC)CC1. The van der Waals surface area contributed by atoms with Crippen molar-refractivity contribution in [2.24, 2.45) is 4.99 Å². The number of likely N-dealkylation sites (tertiary alicyclic amines) is 1. The number of rotatable bonds is 6. The summed E-state index contributed by atoms with van der Waals surface area (Å²) in [7, 11) is 0. The van der Waals surface area contributed by atoms with Crippen LogP contribution >= 0.6 is 15.9 Å². The zero-order valence-electron chi connectivity index (χ0n) is 14.6. The standard InChI is InChI=1S/C18H28BrFN4/c1-3-9-24-10-7-15(8-11-24)23-18(21-4-2)22-13-14-5-6-16(19)17(20)12-14/h5-6,12,15H,3-4,7-11,13H2,1-2H3,(H2,21,22,23). The Bertz CT molecular complexity index is 542. The minimum atomic E-state index is -0.246. The second-order valence-electron chi connectivity index (χ2n) is 6.20. The minimum absolute atomic E-state index is 0.246. The fraction of sp³-hybridized carbons (Fsp3) is 0.611. The molecule has 1 aliphatic heterocycles. The molecule has 134 valence electrons. The molecule has 1 aliphatic rings. The first-order valence-corrected chi connectivity index (χ1v) is 9.62. The van der Waals surface area contributed by atoms with Crippen LogP contribution in [0, 0.1) is 5.82 Å². The summed E-state index contributed by atoms with van der Waals surface area (Å²) in [5.41, 5.74) is 0.866. The summed E-state index contributed by atoms with van der Waals surface area (Å²) >= 11 is 3.18. The Kier molecular flexibility index (Phi) is 7.99. The van der Waals surface area contributed by atoms with Crippen molar-refractivity contribution in [3.05, 3.63) is 34.1 Å². The van der Waals surface area contributed by atoms with Crippen LogP contribution in [-0.2, 0) is 6.54 Å². The quantitative estimate of drug-likeness (QED) is 0.568. The minimum Gasteiger partial charge on any atom is -0.357 e. The molecule has 1 fully saturated rings. The van der Waals surface area contributed by atoms with Crippen molar-refractivity contribution >= 4 is 21.9 Å². The number of nitrogens with zero attached hydrogens (tertiary/aromatic N) is 2. The van der Waals surface area contributed by atoms with E-state index in [1.807, 2.05) is 6.07 Å². The molecule has 2 rings (SSSR count). The predicted octanol–water partition coefficient (Wildman–Crippen LogP) is 3.52. The summed E-state index contributed by atoms with van der Waals surface area (Å²) in [5, 5.41) is 6.81. The lowest BCUT2D eigenvalue weighted by Crippen LogP contribution is -2.48. The van der Waals surface area contributed by atoms with E-state index in [0.717, 1.165) is 44.0 Å². The van der Waals surface area contributed by atoms with Crippen LogP contribution in [0.3, 0.4) is 0 Å². The van der Waals surface area contributed by atoms with E-state index >= 15 is 0 Å². The molecule has 0 aliphatic carbocycles. The van der Waals surface area contributed by atoms with Gasteiger partial charge in [0.05, 0.1) is 11.0 Å². The molecule has 2 N–H and O–H groups in total. The predicted molar refractivity (Wildman–Crippen MR) is 102 cm³/mol. The van der Waals surface area contributed by atoms with Crippen molar-refractivity contribution in [3.8, 4) is 0 Å². The largest absolute Gasteiger partial charge is 0.357 e. The molecule has 1 saturated heterocycles. The summed E-state index contributed by atoms with van der Waals surface area (Å²) in [5.74, 6) is 0.568. The first-order chi connectivity index (χ1) is 11.6. The molecule has 0 aromatic heterocycles. The van der Waals surface area contributed by atoms with Crippen LogP contribution < -0.4 is 10.6 Å². The summed E-state index contributed by atoms with van der Waals surface area (Å²) in [6.45, 7) is 9.04. The molecular formula is C18H28BrFN4. The first-order valence-electron chi connectivity index (χ1n) is 8.83. The molecule has 0 amide bonds. The molecule has 1 heterocycles. The molecule has 1 aromatic carbocycles. The molecule has 6 heteroatoms. The average Bonchev–Trinajstić information content (AvgIpc) is 2.58. The molecular weight excluding hydrogens is 371 g/mol. The van der Waals surface area contributed by atoms with Gasteiger partial charge in [-0.05, 0) is 66.4 Å². The van der Waals surface area contributed by atoms with E-state index in [2.05, 4.69) is 50.3 Å². The molecule has 0 bridgehead atoms. The first kappa shape index (κ1) is 19.2. The fourth-order valence-corrected chi connectivity index (χ4v) is 3.19. The number of guanidine groups is 1. The number of hydrogen-bond donors (Lipinski definition) is 2. The van der Waals surface area contributed by atoms with Crippen LogP contribution in [0.25, 0.3) is 0 Å². The fourth-order valence-electron chi connectivity index (χ4n) is 2.94. The summed E-state index contributed by atoms with van der Waals surface area (Å²) in [4.78, 5) is 7.12. The number of piperidine rings is 1. The molecule has 0 atom stereocenters. The monoisotopic (exact) mass is 398 g/mol. The van der Waals surface area contributed by atoms with Crippen molar-refractivity contribution < 1.29 is 4.39 Å². The Hall–Kier alpha value is -1.14. The van der Waals surface area contributed by atoms with Crippen molar-refractivity contribution in [2.45, 2.75) is 45.7 Å². The van der Waals surface area contributed by atoms with Gasteiger partial charge in [0.15, 0.2) is 5.96 Å². The smallest absolute Gasteiger partial charge is 0.191 e. The molecule has 1 aromatic rings. The lowest BCUT2D eigenvalue weighted by molar-refractivity contribution is 0.206. The molecule has 0 unspecified atom stereocenters. The van der Waals surface area contributed by atoms with Crippen LogP contribution in [0.4, 0.5) is 4.39 Å². The van der Waals surface area contributed by atoms with Gasteiger partial charge in [-0.15, -0.1) is 0 Å². The number of aliphatic imine (C=N–C) groups is 1. The van der Waals surface area contributed by atoms with E-state index in [0.29, 0.717) is 17.1 Å². The summed E-state index contributed by atoms with van der Waals surface area (Å²) < 4.78 is 14.1.